The Balaban J connectivity index is 1.68. The van der Waals surface area contributed by atoms with Crippen molar-refractivity contribution in [2.75, 3.05) is 6.61 Å². The molecule has 8 heteroatoms. The number of hydrogen-bond acceptors (Lipinski definition) is 7. The van der Waals surface area contributed by atoms with E-state index in [1.54, 1.807) is 31.5 Å². The summed E-state index contributed by atoms with van der Waals surface area (Å²) < 4.78 is 18.6. The molecule has 2 heterocycles. The summed E-state index contributed by atoms with van der Waals surface area (Å²) in [5, 5.41) is 20.0. The van der Waals surface area contributed by atoms with Crippen molar-refractivity contribution in [2.45, 2.75) is 58.5 Å². The van der Waals surface area contributed by atoms with Crippen LogP contribution < -0.4 is 0 Å². The summed E-state index contributed by atoms with van der Waals surface area (Å²) in [6, 6.07) is 9.60. The highest BCUT2D eigenvalue weighted by atomic mass is 16.6. The van der Waals surface area contributed by atoms with Gasteiger partial charge in [0.15, 0.2) is 6.73 Å². The number of imidazole rings is 1. The van der Waals surface area contributed by atoms with Gasteiger partial charge in [-0.15, -0.1) is 0 Å². The average molecular weight is 404 g/mol. The topological polar surface area (TPSA) is 103 Å². The maximum atomic E-state index is 11.9. The molecule has 2 N–H and O–H groups in total. The van der Waals surface area contributed by atoms with Gasteiger partial charge in [-0.3, -0.25) is 4.79 Å². The fourth-order valence-electron chi connectivity index (χ4n) is 3.02. The highest BCUT2D eigenvalue weighted by Gasteiger charge is 2.46. The second-order valence-corrected chi connectivity index (χ2v) is 8.15. The molecule has 29 heavy (non-hydrogen) atoms. The molecule has 0 saturated carbocycles. The summed E-state index contributed by atoms with van der Waals surface area (Å²) >= 11 is 0. The first kappa shape index (κ1) is 21.4. The van der Waals surface area contributed by atoms with E-state index in [4.69, 9.17) is 14.2 Å². The lowest BCUT2D eigenvalue weighted by molar-refractivity contribution is -0.156. The molecule has 1 aromatic carbocycles. The van der Waals surface area contributed by atoms with Gasteiger partial charge in [0.2, 0.25) is 0 Å². The minimum absolute atomic E-state index is 0.0251. The molecule has 0 bridgehead atoms. The van der Waals surface area contributed by atoms with Gasteiger partial charge in [-0.2, -0.15) is 0 Å². The molecule has 3 rings (SSSR count). The number of aliphatic hydroxyl groups excluding tert-OH is 2. The van der Waals surface area contributed by atoms with Gasteiger partial charge in [-0.25, -0.2) is 4.98 Å². The third-order valence-corrected chi connectivity index (χ3v) is 4.70. The van der Waals surface area contributed by atoms with Crippen molar-refractivity contribution in [3.05, 3.63) is 54.1 Å². The first-order valence-electron chi connectivity index (χ1n) is 9.58. The summed E-state index contributed by atoms with van der Waals surface area (Å²) in [5.41, 5.74) is 0.905. The normalized spacial score (nSPS) is 24.6. The number of aromatic nitrogens is 2. The number of carbonyl (C=O) groups is 1. The van der Waals surface area contributed by atoms with Crippen LogP contribution in [0.3, 0.4) is 0 Å². The molecule has 0 spiro atoms. The maximum Gasteiger partial charge on any atom is 0.312 e. The Hall–Kier alpha value is -2.26. The predicted octanol–water partition coefficient (Wildman–Crippen LogP) is 1.81. The zero-order valence-electron chi connectivity index (χ0n) is 16.9. The van der Waals surface area contributed by atoms with Crippen LogP contribution in [0.4, 0.5) is 0 Å². The molecule has 158 valence electrons. The zero-order valence-corrected chi connectivity index (χ0v) is 16.9. The Labute approximate surface area is 170 Å². The second-order valence-electron chi connectivity index (χ2n) is 8.15. The van der Waals surface area contributed by atoms with Crippen molar-refractivity contribution in [2.24, 2.45) is 5.41 Å². The maximum absolute atomic E-state index is 11.9. The molecule has 1 aromatic heterocycles. The molecule has 0 unspecified atom stereocenters. The molecule has 0 aliphatic carbocycles. The van der Waals surface area contributed by atoms with Gasteiger partial charge in [0.25, 0.3) is 0 Å². The number of esters is 1. The first-order chi connectivity index (χ1) is 13.8. The Morgan fingerprint density at radius 1 is 1.28 bits per heavy atom. The molecule has 1 aliphatic heterocycles. The number of hydrogen-bond donors (Lipinski definition) is 2. The van der Waals surface area contributed by atoms with E-state index in [2.05, 4.69) is 4.98 Å². The Morgan fingerprint density at radius 3 is 2.66 bits per heavy atom. The van der Waals surface area contributed by atoms with E-state index >= 15 is 0 Å². The van der Waals surface area contributed by atoms with Crippen LogP contribution in [0.15, 0.2) is 42.9 Å². The molecule has 0 amide bonds. The predicted molar refractivity (Wildman–Crippen MR) is 103 cm³/mol. The third-order valence-electron chi connectivity index (χ3n) is 4.70. The van der Waals surface area contributed by atoms with Crippen LogP contribution in [0, 0.1) is 5.41 Å². The van der Waals surface area contributed by atoms with Crippen LogP contribution in [0.1, 0.15) is 38.1 Å². The number of benzene rings is 1. The Morgan fingerprint density at radius 2 is 2.00 bits per heavy atom. The monoisotopic (exact) mass is 404 g/mol. The van der Waals surface area contributed by atoms with Crippen LogP contribution in [-0.2, 0) is 32.3 Å². The number of ether oxygens (including phenoxy) is 3. The van der Waals surface area contributed by atoms with Crippen LogP contribution in [-0.4, -0.2) is 50.7 Å². The molecule has 8 nitrogen and oxygen atoms in total. The highest BCUT2D eigenvalue weighted by molar-refractivity contribution is 5.75. The third kappa shape index (κ3) is 5.22. The van der Waals surface area contributed by atoms with E-state index in [0.29, 0.717) is 12.3 Å². The van der Waals surface area contributed by atoms with E-state index in [1.807, 2.05) is 30.3 Å². The lowest BCUT2D eigenvalue weighted by Crippen LogP contribution is -2.34. The fourth-order valence-corrected chi connectivity index (χ4v) is 3.02. The van der Waals surface area contributed by atoms with Crippen molar-refractivity contribution < 1.29 is 29.2 Å². The van der Waals surface area contributed by atoms with Crippen LogP contribution >= 0.6 is 0 Å². The van der Waals surface area contributed by atoms with Gasteiger partial charge < -0.3 is 29.0 Å². The fraction of sp³-hybridized carbons (Fsp3) is 0.524. The Bertz CT molecular complexity index is 801. The molecule has 4 atom stereocenters. The van der Waals surface area contributed by atoms with Crippen molar-refractivity contribution >= 4 is 5.97 Å². The van der Waals surface area contributed by atoms with Gasteiger partial charge in [0.05, 0.1) is 30.7 Å². The van der Waals surface area contributed by atoms with Crippen LogP contribution in [0.5, 0.6) is 0 Å². The van der Waals surface area contributed by atoms with E-state index in [-0.39, 0.29) is 19.3 Å². The van der Waals surface area contributed by atoms with E-state index in [9.17, 15) is 15.0 Å². The molecule has 1 fully saturated rings. The minimum atomic E-state index is -0.988. The van der Waals surface area contributed by atoms with Gasteiger partial charge in [0, 0.05) is 6.20 Å². The van der Waals surface area contributed by atoms with E-state index in [1.165, 1.54) is 6.33 Å². The molecular weight excluding hydrogens is 376 g/mol. The van der Waals surface area contributed by atoms with Crippen molar-refractivity contribution in [1.82, 2.24) is 9.55 Å². The van der Waals surface area contributed by atoms with Crippen molar-refractivity contribution in [1.29, 1.82) is 0 Å². The molecule has 1 saturated heterocycles. The summed E-state index contributed by atoms with van der Waals surface area (Å²) in [7, 11) is 0. The number of aliphatic hydroxyl groups is 2. The lowest BCUT2D eigenvalue weighted by atomic mass is 9.98. The minimum Gasteiger partial charge on any atom is -0.443 e. The van der Waals surface area contributed by atoms with Crippen molar-refractivity contribution in [3.8, 4) is 0 Å². The molecule has 0 radical (unpaired) electrons. The number of carbonyl (C=O) groups excluding carboxylic acids is 1. The van der Waals surface area contributed by atoms with Gasteiger partial charge in [-0.05, 0) is 26.3 Å². The van der Waals surface area contributed by atoms with E-state index < -0.39 is 29.8 Å². The smallest absolute Gasteiger partial charge is 0.312 e. The second kappa shape index (κ2) is 9.04. The van der Waals surface area contributed by atoms with Crippen LogP contribution in [0.2, 0.25) is 0 Å². The number of nitrogens with zero attached hydrogens (tertiary/aromatic N) is 2. The summed E-state index contributed by atoms with van der Waals surface area (Å²) in [6.45, 7) is 5.35. The van der Waals surface area contributed by atoms with Crippen LogP contribution in [0.25, 0.3) is 0 Å². The van der Waals surface area contributed by atoms with E-state index in [0.717, 1.165) is 5.56 Å². The van der Waals surface area contributed by atoms with Gasteiger partial charge >= 0.3 is 5.97 Å². The summed E-state index contributed by atoms with van der Waals surface area (Å²) in [4.78, 5) is 16.3. The van der Waals surface area contributed by atoms with Gasteiger partial charge in [-0.1, -0.05) is 30.3 Å². The molecular formula is C21H28N2O6. The quantitative estimate of drug-likeness (QED) is 0.679. The molecule has 1 aliphatic rings. The van der Waals surface area contributed by atoms with Gasteiger partial charge in [0.1, 0.15) is 24.4 Å². The standard InChI is InChI=1S/C21H28N2O6/c1-21(2,3)20(26)28-13-23-9-15(22-12-23)18-19(17(25)16(10-24)29-18)27-11-14-7-5-4-6-8-14/h4-9,12,16-19,24-25H,10-11,13H2,1-3H3/t16-,17-,18+,19-/m1/s1. The highest BCUT2D eigenvalue weighted by Crippen LogP contribution is 2.35. The largest absolute Gasteiger partial charge is 0.443 e. The molecule has 2 aromatic rings. The lowest BCUT2D eigenvalue weighted by Gasteiger charge is -2.20. The average Bonchev–Trinajstić information content (AvgIpc) is 3.28. The Kier molecular flexibility index (Phi) is 6.69. The zero-order chi connectivity index (χ0) is 21.0. The first-order valence-corrected chi connectivity index (χ1v) is 9.58. The summed E-state index contributed by atoms with van der Waals surface area (Å²) in [5.74, 6) is -0.315. The number of rotatable bonds is 7. The summed E-state index contributed by atoms with van der Waals surface area (Å²) in [6.07, 6.45) is 0.133. The SMILES string of the molecule is CC(C)(C)C(=O)OCn1cnc([C@@H]2O[C@H](CO)[C@@H](O)[C@H]2OCc2ccccc2)c1. The van der Waals surface area contributed by atoms with Crippen molar-refractivity contribution in [3.63, 3.8) is 0 Å².